The Labute approximate surface area is 317 Å². The molecule has 0 saturated heterocycles. The molecule has 12 heteroatoms. The minimum absolute atomic E-state index is 0.166. The van der Waals surface area contributed by atoms with Crippen LogP contribution < -0.4 is 29.1 Å². The van der Waals surface area contributed by atoms with Gasteiger partial charge in [0, 0.05) is 34.3 Å². The Bertz CT molecular complexity index is 2350. The molecule has 0 unspecified atom stereocenters. The van der Waals surface area contributed by atoms with Gasteiger partial charge in [-0.05, 0) is 96.1 Å². The first-order valence-electron chi connectivity index (χ1n) is 15.9. The largest absolute Gasteiger partial charge is 0.496 e. The Morgan fingerprint density at radius 2 is 1.76 bits per heavy atom. The van der Waals surface area contributed by atoms with Crippen molar-refractivity contribution in [3.63, 3.8) is 0 Å². The number of allylic oxidation sites excluding steroid dienone is 1. The minimum Gasteiger partial charge on any atom is -0.496 e. The lowest BCUT2D eigenvalue weighted by molar-refractivity contribution is -0.127. The second kappa shape index (κ2) is 15.2. The number of amides is 1. The highest BCUT2D eigenvalue weighted by atomic mass is 127. The summed E-state index contributed by atoms with van der Waals surface area (Å²) < 4.78 is 20.7. The van der Waals surface area contributed by atoms with Crippen molar-refractivity contribution in [1.29, 1.82) is 0 Å². The molecule has 0 saturated carbocycles. The van der Waals surface area contributed by atoms with E-state index in [4.69, 9.17) is 42.4 Å². The number of methoxy groups -OCH3 is 2. The number of rotatable bonds is 10. The average Bonchev–Trinajstić information content (AvgIpc) is 3.41. The van der Waals surface area contributed by atoms with Crippen molar-refractivity contribution in [2.75, 3.05) is 27.3 Å². The quantitative estimate of drug-likeness (QED) is 0.134. The second-order valence-corrected chi connectivity index (χ2v) is 14.5. The summed E-state index contributed by atoms with van der Waals surface area (Å²) in [6.07, 6.45) is 1.82. The van der Waals surface area contributed by atoms with E-state index in [0.29, 0.717) is 61.0 Å². The fourth-order valence-corrected chi connectivity index (χ4v) is 8.48. The minimum atomic E-state index is -0.771. The Hall–Kier alpha value is -3.84. The monoisotopic (exact) mass is 841 g/mol. The van der Waals surface area contributed by atoms with E-state index in [1.165, 1.54) is 11.3 Å². The molecule has 0 spiro atoms. The molecule has 2 heterocycles. The van der Waals surface area contributed by atoms with E-state index in [9.17, 15) is 9.59 Å². The van der Waals surface area contributed by atoms with E-state index in [1.807, 2.05) is 81.4 Å². The number of carbonyl (C=O) groups is 1. The smallest absolute Gasteiger partial charge is 0.271 e. The van der Waals surface area contributed by atoms with Gasteiger partial charge in [0.25, 0.3) is 11.5 Å². The predicted octanol–water partition coefficient (Wildman–Crippen LogP) is 7.76. The first-order chi connectivity index (χ1) is 24.1. The van der Waals surface area contributed by atoms with E-state index >= 15 is 0 Å². The van der Waals surface area contributed by atoms with Crippen LogP contribution in [-0.4, -0.2) is 42.7 Å². The van der Waals surface area contributed by atoms with Crippen LogP contribution in [0.15, 0.2) is 87.8 Å². The number of hydrogen-bond donors (Lipinski definition) is 0. The third-order valence-electron chi connectivity index (χ3n) is 8.66. The van der Waals surface area contributed by atoms with Crippen molar-refractivity contribution >= 4 is 79.9 Å². The third-order valence-corrected chi connectivity index (χ3v) is 11.0. The number of benzene rings is 4. The van der Waals surface area contributed by atoms with E-state index in [0.717, 1.165) is 31.0 Å². The fraction of sp³-hybridized carbons (Fsp3) is 0.237. The van der Waals surface area contributed by atoms with Gasteiger partial charge in [-0.1, -0.05) is 70.9 Å². The number of carbonyl (C=O) groups excluding carboxylic acids is 1. The predicted molar refractivity (Wildman–Crippen MR) is 209 cm³/mol. The van der Waals surface area contributed by atoms with Crippen molar-refractivity contribution in [1.82, 2.24) is 9.47 Å². The number of thiazole rings is 1. The Morgan fingerprint density at radius 1 is 1.02 bits per heavy atom. The van der Waals surface area contributed by atoms with Crippen LogP contribution in [0.2, 0.25) is 10.0 Å². The van der Waals surface area contributed by atoms with Crippen LogP contribution in [0.4, 0.5) is 0 Å². The molecule has 50 heavy (non-hydrogen) atoms. The van der Waals surface area contributed by atoms with Gasteiger partial charge in [-0.3, -0.25) is 14.2 Å². The number of fused-ring (bicyclic) bond motifs is 2. The highest BCUT2D eigenvalue weighted by Crippen LogP contribution is 2.41. The number of nitrogens with zero attached hydrogens (tertiary/aromatic N) is 3. The maximum Gasteiger partial charge on any atom is 0.271 e. The molecular weight excluding hydrogens is 808 g/mol. The average molecular weight is 843 g/mol. The van der Waals surface area contributed by atoms with E-state index in [2.05, 4.69) is 22.6 Å². The molecule has 0 N–H and O–H groups in total. The van der Waals surface area contributed by atoms with Crippen LogP contribution in [0.1, 0.15) is 43.5 Å². The summed E-state index contributed by atoms with van der Waals surface area (Å²) in [6.45, 7) is 6.97. The van der Waals surface area contributed by atoms with Crippen molar-refractivity contribution in [3.05, 3.63) is 128 Å². The molecule has 1 aliphatic rings. The lowest BCUT2D eigenvalue weighted by Gasteiger charge is -2.30. The molecular formula is C38H34Cl2IN3O5S. The summed E-state index contributed by atoms with van der Waals surface area (Å²) in [5, 5.41) is 2.91. The Balaban J connectivity index is 1.50. The van der Waals surface area contributed by atoms with E-state index < -0.39 is 6.04 Å². The molecule has 1 aliphatic heterocycles. The van der Waals surface area contributed by atoms with Gasteiger partial charge in [-0.25, -0.2) is 4.99 Å². The van der Waals surface area contributed by atoms with Crippen LogP contribution in [0.3, 0.4) is 0 Å². The van der Waals surface area contributed by atoms with Gasteiger partial charge in [-0.2, -0.15) is 0 Å². The molecule has 4 aromatic carbocycles. The lowest BCUT2D eigenvalue weighted by Crippen LogP contribution is -2.43. The van der Waals surface area contributed by atoms with Crippen molar-refractivity contribution in [2.24, 2.45) is 4.99 Å². The van der Waals surface area contributed by atoms with Gasteiger partial charge in [-0.15, -0.1) is 0 Å². The van der Waals surface area contributed by atoms with Gasteiger partial charge < -0.3 is 19.1 Å². The van der Waals surface area contributed by atoms with Crippen LogP contribution >= 0.6 is 57.1 Å². The third kappa shape index (κ3) is 6.78. The molecule has 8 nitrogen and oxygen atoms in total. The summed E-state index contributed by atoms with van der Waals surface area (Å²) in [7, 11) is 3.17. The molecule has 0 radical (unpaired) electrons. The number of aromatic nitrogens is 1. The number of halogens is 3. The molecule has 0 aliphatic carbocycles. The Kier molecular flexibility index (Phi) is 10.9. The number of ether oxygens (including phenoxy) is 3. The van der Waals surface area contributed by atoms with Gasteiger partial charge >= 0.3 is 0 Å². The SMILES string of the molecule is CCN(CC)C(=O)C1=C(C)N=c2s/c(=C/c3cc(I)c(OCc4ccc(Cl)cc4Cl)c(OC)c3)c(=O)n2[C@H]1c1c(OC)ccc2ccccc12. The highest BCUT2D eigenvalue weighted by Gasteiger charge is 2.36. The maximum atomic E-state index is 14.6. The van der Waals surface area contributed by atoms with Gasteiger partial charge in [0.1, 0.15) is 18.4 Å². The molecule has 1 aromatic heterocycles. The van der Waals surface area contributed by atoms with Crippen molar-refractivity contribution in [3.8, 4) is 17.2 Å². The summed E-state index contributed by atoms with van der Waals surface area (Å²) >= 11 is 15.9. The van der Waals surface area contributed by atoms with Gasteiger partial charge in [0.15, 0.2) is 16.3 Å². The molecule has 0 bridgehead atoms. The summed E-state index contributed by atoms with van der Waals surface area (Å²) in [4.78, 5) is 35.9. The molecule has 5 aromatic rings. The molecule has 258 valence electrons. The molecule has 0 fully saturated rings. The zero-order valence-corrected chi connectivity index (χ0v) is 32.5. The lowest BCUT2D eigenvalue weighted by atomic mass is 9.90. The van der Waals surface area contributed by atoms with E-state index in [-0.39, 0.29) is 18.1 Å². The van der Waals surface area contributed by atoms with Crippen LogP contribution in [0.5, 0.6) is 17.2 Å². The van der Waals surface area contributed by atoms with Crippen molar-refractivity contribution < 1.29 is 19.0 Å². The first kappa shape index (κ1) is 36.0. The second-order valence-electron chi connectivity index (χ2n) is 11.5. The van der Waals surface area contributed by atoms with Crippen LogP contribution in [-0.2, 0) is 11.4 Å². The van der Waals surface area contributed by atoms with Crippen LogP contribution in [0.25, 0.3) is 16.8 Å². The first-order valence-corrected chi connectivity index (χ1v) is 18.6. The van der Waals surface area contributed by atoms with E-state index in [1.54, 1.807) is 35.8 Å². The number of likely N-dealkylation sites (N-methyl/N-ethyl adjacent to an activating group) is 1. The summed E-state index contributed by atoms with van der Waals surface area (Å²) in [6, 6.07) is 20.0. The Morgan fingerprint density at radius 3 is 2.46 bits per heavy atom. The maximum absolute atomic E-state index is 14.6. The van der Waals surface area contributed by atoms with Crippen LogP contribution in [0, 0.1) is 3.57 Å². The fourth-order valence-electron chi connectivity index (χ4n) is 6.19. The molecule has 6 rings (SSSR count). The zero-order valence-electron chi connectivity index (χ0n) is 28.1. The standard InChI is InChI=1S/C38H34Cl2IN3O5S/c1-6-43(7-2)37(46)32-21(3)42-38-44(34(32)33-26-11-9-8-10-23(26)13-15-29(33)47-4)36(45)31(50-38)18-22-16-28(41)35(30(17-22)48-5)49-20-24-12-14-25(39)19-27(24)40/h8-19,34H,6-7,20H2,1-5H3/b31-18+/t34-/m1/s1. The molecule has 1 atom stereocenters. The zero-order chi connectivity index (χ0) is 35.7. The topological polar surface area (TPSA) is 82.4 Å². The summed E-state index contributed by atoms with van der Waals surface area (Å²) in [5.41, 5.74) is 3.00. The van der Waals surface area contributed by atoms with Gasteiger partial charge in [0.05, 0.1) is 33.6 Å². The van der Waals surface area contributed by atoms with Crippen molar-refractivity contribution in [2.45, 2.75) is 33.4 Å². The normalized spacial score (nSPS) is 14.4. The highest BCUT2D eigenvalue weighted by molar-refractivity contribution is 14.1. The summed E-state index contributed by atoms with van der Waals surface area (Å²) in [5.74, 6) is 1.47. The van der Waals surface area contributed by atoms with Gasteiger partial charge in [0.2, 0.25) is 0 Å². The molecule has 1 amide bonds. The number of hydrogen-bond acceptors (Lipinski definition) is 7.